The lowest BCUT2D eigenvalue weighted by Gasteiger charge is -2.41. The Balaban J connectivity index is 2.41. The molecule has 1 aliphatic rings. The molecule has 1 aromatic carbocycles. The van der Waals surface area contributed by atoms with Crippen molar-refractivity contribution in [1.82, 2.24) is 0 Å². The van der Waals surface area contributed by atoms with Gasteiger partial charge in [0.1, 0.15) is 0 Å². The van der Waals surface area contributed by atoms with Crippen LogP contribution in [-0.4, -0.2) is 19.8 Å². The molecule has 0 aromatic heterocycles. The Bertz CT molecular complexity index is 591. The SMILES string of the molecule is Cc1ccc(SC2=C([Si](C)(C)C(C)(C)C)C(CO)C=C2)cc1. The van der Waals surface area contributed by atoms with Crippen molar-refractivity contribution < 1.29 is 5.11 Å². The summed E-state index contributed by atoms with van der Waals surface area (Å²) >= 11 is 1.85. The molecule has 0 heterocycles. The fourth-order valence-corrected chi connectivity index (χ4v) is 7.20. The number of aliphatic hydroxyl groups is 1. The molecular formula is C19H28OSSi. The van der Waals surface area contributed by atoms with Crippen molar-refractivity contribution in [3.8, 4) is 0 Å². The first kappa shape index (κ1) is 17.6. The molecule has 0 spiro atoms. The number of benzene rings is 1. The fourth-order valence-electron chi connectivity index (χ4n) is 2.72. The minimum absolute atomic E-state index is 0.203. The zero-order valence-corrected chi connectivity index (χ0v) is 16.4. The standard InChI is InChI=1S/C19H28OSSi/c1-14-7-10-16(11-8-14)21-17-12-9-15(13-20)18(17)22(5,6)19(2,3)4/h7-12,15,20H,13H2,1-6H3. The van der Waals surface area contributed by atoms with Gasteiger partial charge in [0.2, 0.25) is 0 Å². The number of thioether (sulfide) groups is 1. The van der Waals surface area contributed by atoms with Gasteiger partial charge in [0.15, 0.2) is 0 Å². The zero-order valence-electron chi connectivity index (χ0n) is 14.6. The summed E-state index contributed by atoms with van der Waals surface area (Å²) in [7, 11) is -1.65. The molecule has 2 rings (SSSR count). The highest BCUT2D eigenvalue weighted by Gasteiger charge is 2.43. The third-order valence-corrected chi connectivity index (χ3v) is 12.1. The van der Waals surface area contributed by atoms with Crippen molar-refractivity contribution >= 4 is 19.8 Å². The van der Waals surface area contributed by atoms with E-state index in [1.807, 2.05) is 11.8 Å². The van der Waals surface area contributed by atoms with E-state index in [9.17, 15) is 5.11 Å². The predicted octanol–water partition coefficient (Wildman–Crippen LogP) is 5.57. The summed E-state index contributed by atoms with van der Waals surface area (Å²) in [5.41, 5.74) is 1.29. The molecule has 0 saturated heterocycles. The van der Waals surface area contributed by atoms with Gasteiger partial charge >= 0.3 is 0 Å². The molecule has 1 nitrogen and oxygen atoms in total. The molecule has 22 heavy (non-hydrogen) atoms. The van der Waals surface area contributed by atoms with Gasteiger partial charge in [0.05, 0.1) is 14.7 Å². The largest absolute Gasteiger partial charge is 0.395 e. The lowest BCUT2D eigenvalue weighted by molar-refractivity contribution is 0.272. The average Bonchev–Trinajstić information content (AvgIpc) is 2.83. The van der Waals surface area contributed by atoms with Crippen LogP contribution in [0.4, 0.5) is 0 Å². The van der Waals surface area contributed by atoms with Gasteiger partial charge in [0, 0.05) is 15.7 Å². The van der Waals surface area contributed by atoms with Crippen LogP contribution in [0.25, 0.3) is 0 Å². The summed E-state index contributed by atoms with van der Waals surface area (Å²) in [4.78, 5) is 2.63. The fraction of sp³-hybridized carbons (Fsp3) is 0.474. The van der Waals surface area contributed by atoms with Gasteiger partial charge < -0.3 is 5.11 Å². The van der Waals surface area contributed by atoms with Crippen molar-refractivity contribution in [3.63, 3.8) is 0 Å². The topological polar surface area (TPSA) is 20.2 Å². The maximum Gasteiger partial charge on any atom is 0.0831 e. The van der Waals surface area contributed by atoms with Crippen LogP contribution >= 0.6 is 11.8 Å². The van der Waals surface area contributed by atoms with Crippen LogP contribution in [0.15, 0.2) is 51.4 Å². The molecule has 1 unspecified atom stereocenters. The number of allylic oxidation sites excluding steroid dienone is 1. The quantitative estimate of drug-likeness (QED) is 0.728. The van der Waals surface area contributed by atoms with E-state index >= 15 is 0 Å². The highest BCUT2D eigenvalue weighted by atomic mass is 32.2. The number of hydrogen-bond acceptors (Lipinski definition) is 2. The Kier molecular flexibility index (Phi) is 5.10. The van der Waals surface area contributed by atoms with Crippen molar-refractivity contribution in [2.75, 3.05) is 6.61 Å². The van der Waals surface area contributed by atoms with Crippen molar-refractivity contribution in [2.24, 2.45) is 5.92 Å². The molecular weight excluding hydrogens is 304 g/mol. The van der Waals surface area contributed by atoms with E-state index in [-0.39, 0.29) is 17.6 Å². The Morgan fingerprint density at radius 1 is 1.14 bits per heavy atom. The second-order valence-electron chi connectivity index (χ2n) is 7.72. The number of rotatable bonds is 4. The molecule has 0 saturated carbocycles. The zero-order chi connectivity index (χ0) is 16.5. The summed E-state index contributed by atoms with van der Waals surface area (Å²) in [5, 5.41) is 11.6. The second kappa shape index (κ2) is 6.38. The van der Waals surface area contributed by atoms with E-state index in [1.165, 1.54) is 20.6 Å². The van der Waals surface area contributed by atoms with E-state index < -0.39 is 8.07 Å². The van der Waals surface area contributed by atoms with Crippen molar-refractivity contribution in [3.05, 3.63) is 52.1 Å². The van der Waals surface area contributed by atoms with E-state index in [1.54, 1.807) is 0 Å². The lowest BCUT2D eigenvalue weighted by Crippen LogP contribution is -2.42. The van der Waals surface area contributed by atoms with Crippen LogP contribution in [0, 0.1) is 12.8 Å². The highest BCUT2D eigenvalue weighted by molar-refractivity contribution is 8.03. The molecule has 0 bridgehead atoms. The Morgan fingerprint density at radius 3 is 2.23 bits per heavy atom. The summed E-state index contributed by atoms with van der Waals surface area (Å²) < 4.78 is 0. The Hall–Kier alpha value is -0.773. The average molecular weight is 333 g/mol. The van der Waals surface area contributed by atoms with Crippen LogP contribution in [-0.2, 0) is 0 Å². The molecule has 3 heteroatoms. The van der Waals surface area contributed by atoms with E-state index in [2.05, 4.69) is 77.2 Å². The smallest absolute Gasteiger partial charge is 0.0831 e. The Morgan fingerprint density at radius 2 is 1.73 bits per heavy atom. The van der Waals surface area contributed by atoms with E-state index in [4.69, 9.17) is 0 Å². The predicted molar refractivity (Wildman–Crippen MR) is 101 cm³/mol. The van der Waals surface area contributed by atoms with E-state index in [0.717, 1.165) is 0 Å². The van der Waals surface area contributed by atoms with Gasteiger partial charge in [-0.3, -0.25) is 0 Å². The summed E-state index contributed by atoms with van der Waals surface area (Å²) in [6.45, 7) is 14.2. The maximum absolute atomic E-state index is 9.81. The van der Waals surface area contributed by atoms with Gasteiger partial charge in [-0.05, 0) is 24.1 Å². The highest BCUT2D eigenvalue weighted by Crippen LogP contribution is 2.49. The first-order valence-electron chi connectivity index (χ1n) is 7.95. The van der Waals surface area contributed by atoms with Gasteiger partial charge in [-0.2, -0.15) is 0 Å². The maximum atomic E-state index is 9.81. The molecule has 0 fully saturated rings. The number of aliphatic hydroxyl groups excluding tert-OH is 1. The first-order chi connectivity index (χ1) is 10.2. The van der Waals surface area contributed by atoms with Crippen LogP contribution < -0.4 is 0 Å². The second-order valence-corrected chi connectivity index (χ2v) is 14.1. The normalized spacial score (nSPS) is 19.1. The number of aryl methyl sites for hydroxylation is 1. The van der Waals surface area contributed by atoms with Crippen LogP contribution in [0.2, 0.25) is 18.1 Å². The molecule has 0 amide bonds. The van der Waals surface area contributed by atoms with Crippen molar-refractivity contribution in [1.29, 1.82) is 0 Å². The van der Waals surface area contributed by atoms with Gasteiger partial charge in [-0.25, -0.2) is 0 Å². The molecule has 1 aliphatic carbocycles. The Labute approximate surface area is 140 Å². The minimum atomic E-state index is -1.65. The monoisotopic (exact) mass is 332 g/mol. The van der Waals surface area contributed by atoms with Crippen LogP contribution in [0.1, 0.15) is 26.3 Å². The molecule has 1 aromatic rings. The van der Waals surface area contributed by atoms with Crippen molar-refractivity contribution in [2.45, 2.75) is 50.7 Å². The molecule has 1 atom stereocenters. The summed E-state index contributed by atoms with van der Waals surface area (Å²) in [6, 6.07) is 8.71. The molecule has 0 aliphatic heterocycles. The van der Waals surface area contributed by atoms with Gasteiger partial charge in [-0.1, -0.05) is 80.7 Å². The van der Waals surface area contributed by atoms with Gasteiger partial charge in [0.25, 0.3) is 0 Å². The van der Waals surface area contributed by atoms with E-state index in [0.29, 0.717) is 0 Å². The van der Waals surface area contributed by atoms with Crippen LogP contribution in [0.5, 0.6) is 0 Å². The van der Waals surface area contributed by atoms with Crippen LogP contribution in [0.3, 0.4) is 0 Å². The lowest BCUT2D eigenvalue weighted by atomic mass is 10.2. The molecule has 120 valence electrons. The molecule has 1 N–H and O–H groups in total. The molecule has 0 radical (unpaired) electrons. The summed E-state index contributed by atoms with van der Waals surface area (Å²) in [6.07, 6.45) is 4.41. The van der Waals surface area contributed by atoms with Gasteiger partial charge in [-0.15, -0.1) is 0 Å². The third-order valence-electron chi connectivity index (χ3n) is 5.11. The first-order valence-corrected chi connectivity index (χ1v) is 11.8. The number of hydrogen-bond donors (Lipinski definition) is 1. The minimum Gasteiger partial charge on any atom is -0.395 e. The summed E-state index contributed by atoms with van der Waals surface area (Å²) in [5.74, 6) is 0.203. The third kappa shape index (κ3) is 3.42.